The summed E-state index contributed by atoms with van der Waals surface area (Å²) >= 11 is 3.12. The average Bonchev–Trinajstić information content (AvgIpc) is 3.50. The Hall–Kier alpha value is -4.14. The second kappa shape index (κ2) is 10.1. The number of carbonyl (C=O) groups excluding carboxylic acids is 1. The van der Waals surface area contributed by atoms with E-state index in [1.807, 2.05) is 0 Å². The topological polar surface area (TPSA) is 118 Å². The maximum Gasteiger partial charge on any atom is 0.435 e. The Morgan fingerprint density at radius 1 is 1.22 bits per heavy atom. The second-order valence-corrected chi connectivity index (χ2v) is 8.45. The van der Waals surface area contributed by atoms with Gasteiger partial charge in [-0.1, -0.05) is 0 Å². The van der Waals surface area contributed by atoms with Gasteiger partial charge in [-0.3, -0.25) is 9.48 Å². The van der Waals surface area contributed by atoms with Crippen LogP contribution in [0, 0.1) is 15.9 Å². The molecule has 0 radical (unpaired) electrons. The van der Waals surface area contributed by atoms with E-state index in [9.17, 15) is 32.5 Å². The smallest absolute Gasteiger partial charge is 0.435 e. The van der Waals surface area contributed by atoms with Crippen molar-refractivity contribution in [1.29, 1.82) is 0 Å². The molecule has 0 aliphatic heterocycles. The van der Waals surface area contributed by atoms with E-state index in [1.165, 1.54) is 29.3 Å². The Balaban J connectivity index is 1.80. The Bertz CT molecular complexity index is 1500. The van der Waals surface area contributed by atoms with Gasteiger partial charge in [0, 0.05) is 30.4 Å². The van der Waals surface area contributed by atoms with E-state index in [4.69, 9.17) is 4.74 Å². The van der Waals surface area contributed by atoms with Gasteiger partial charge in [0.25, 0.3) is 0 Å². The number of rotatable bonds is 8. The summed E-state index contributed by atoms with van der Waals surface area (Å²) in [6, 6.07) is 4.91. The second-order valence-electron chi connectivity index (χ2n) is 7.53. The number of hydrogen-bond acceptors (Lipinski definition) is 7. The third kappa shape index (κ3) is 5.50. The van der Waals surface area contributed by atoms with Gasteiger partial charge in [0.1, 0.15) is 18.1 Å². The Morgan fingerprint density at radius 3 is 2.62 bits per heavy atom. The number of aryl methyl sites for hydroxylation is 1. The SMILES string of the molecule is CCn1cc(C(=O)c2cc(C(F)(F)F)nn2-c2ccc(F)cc2COc2cc(Br)cnc2[N+](=O)[O-])cn1. The van der Waals surface area contributed by atoms with Crippen molar-refractivity contribution in [1.82, 2.24) is 24.5 Å². The number of nitro groups is 1. The molecular weight excluding hydrogens is 568 g/mol. The first kappa shape index (κ1) is 25.9. The van der Waals surface area contributed by atoms with Crippen LogP contribution in [0.25, 0.3) is 5.69 Å². The fourth-order valence-electron chi connectivity index (χ4n) is 3.36. The monoisotopic (exact) mass is 582 g/mol. The zero-order valence-corrected chi connectivity index (χ0v) is 20.3. The van der Waals surface area contributed by atoms with E-state index in [-0.39, 0.29) is 22.6 Å². The normalized spacial score (nSPS) is 11.5. The van der Waals surface area contributed by atoms with Crippen molar-refractivity contribution < 1.29 is 32.0 Å². The van der Waals surface area contributed by atoms with Crippen LogP contribution in [0.2, 0.25) is 0 Å². The quantitative estimate of drug-likeness (QED) is 0.122. The minimum absolute atomic E-state index is 0.0208. The van der Waals surface area contributed by atoms with Crippen molar-refractivity contribution in [2.75, 3.05) is 0 Å². The van der Waals surface area contributed by atoms with Crippen LogP contribution in [-0.4, -0.2) is 35.3 Å². The molecule has 10 nitrogen and oxygen atoms in total. The molecule has 37 heavy (non-hydrogen) atoms. The number of benzene rings is 1. The molecule has 4 aromatic rings. The van der Waals surface area contributed by atoms with Crippen LogP contribution in [0.3, 0.4) is 0 Å². The molecule has 15 heteroatoms. The lowest BCUT2D eigenvalue weighted by molar-refractivity contribution is -0.390. The molecule has 4 rings (SSSR count). The molecule has 0 fully saturated rings. The summed E-state index contributed by atoms with van der Waals surface area (Å²) in [5.41, 5.74) is -1.92. The first-order valence-corrected chi connectivity index (χ1v) is 11.2. The summed E-state index contributed by atoms with van der Waals surface area (Å²) in [6.07, 6.45) is -1.11. The minimum Gasteiger partial charge on any atom is -0.481 e. The largest absolute Gasteiger partial charge is 0.481 e. The fraction of sp³-hybridized carbons (Fsp3) is 0.182. The van der Waals surface area contributed by atoms with Crippen molar-refractivity contribution in [2.24, 2.45) is 0 Å². The molecule has 0 saturated carbocycles. The van der Waals surface area contributed by atoms with Crippen LogP contribution in [-0.2, 0) is 19.3 Å². The molecule has 1 aromatic carbocycles. The standard InChI is InChI=1S/C22H15BrF4N6O4/c1-2-31-10-13(8-29-31)20(34)17-7-19(22(25,26)27)30-32(17)16-4-3-15(24)5-12(16)11-37-18-6-14(23)9-28-21(18)33(35)36/h3-10H,2,11H2,1H3. The Labute approximate surface area is 213 Å². The number of nitrogens with zero attached hydrogens (tertiary/aromatic N) is 6. The molecule has 3 aromatic heterocycles. The lowest BCUT2D eigenvalue weighted by atomic mass is 10.1. The highest BCUT2D eigenvalue weighted by Crippen LogP contribution is 2.32. The number of aromatic nitrogens is 5. The predicted molar refractivity (Wildman–Crippen MR) is 123 cm³/mol. The maximum atomic E-state index is 14.1. The van der Waals surface area contributed by atoms with Gasteiger partial charge < -0.3 is 14.9 Å². The van der Waals surface area contributed by atoms with Gasteiger partial charge in [-0.25, -0.2) is 9.07 Å². The maximum absolute atomic E-state index is 14.1. The number of hydrogen-bond donors (Lipinski definition) is 0. The van der Waals surface area contributed by atoms with Crippen molar-refractivity contribution in [2.45, 2.75) is 26.3 Å². The third-order valence-corrected chi connectivity index (χ3v) is 5.51. The molecule has 0 spiro atoms. The molecule has 0 unspecified atom stereocenters. The molecule has 0 amide bonds. The summed E-state index contributed by atoms with van der Waals surface area (Å²) in [5, 5.41) is 18.8. The van der Waals surface area contributed by atoms with Crippen LogP contribution >= 0.6 is 15.9 Å². The molecule has 0 aliphatic carbocycles. The van der Waals surface area contributed by atoms with Gasteiger partial charge in [0.15, 0.2) is 11.9 Å². The molecule has 0 bridgehead atoms. The highest BCUT2D eigenvalue weighted by atomic mass is 79.9. The molecule has 0 N–H and O–H groups in total. The zero-order valence-electron chi connectivity index (χ0n) is 18.7. The fourth-order valence-corrected chi connectivity index (χ4v) is 3.67. The average molecular weight is 583 g/mol. The highest BCUT2D eigenvalue weighted by molar-refractivity contribution is 9.10. The van der Waals surface area contributed by atoms with Gasteiger partial charge in [-0.05, 0) is 51.0 Å². The van der Waals surface area contributed by atoms with Gasteiger partial charge >= 0.3 is 12.0 Å². The van der Waals surface area contributed by atoms with Crippen LogP contribution in [0.5, 0.6) is 5.75 Å². The number of carbonyl (C=O) groups is 1. The van der Waals surface area contributed by atoms with E-state index in [0.29, 0.717) is 17.1 Å². The molecule has 192 valence electrons. The van der Waals surface area contributed by atoms with Crippen molar-refractivity contribution in [3.63, 3.8) is 0 Å². The summed E-state index contributed by atoms with van der Waals surface area (Å²) < 4.78 is 62.8. The summed E-state index contributed by atoms with van der Waals surface area (Å²) in [6.45, 7) is 1.67. The molecular formula is C22H15BrF4N6O4. The van der Waals surface area contributed by atoms with Crippen LogP contribution in [0.1, 0.15) is 34.2 Å². The van der Waals surface area contributed by atoms with Crippen LogP contribution < -0.4 is 4.74 Å². The number of pyridine rings is 1. The number of alkyl halides is 3. The molecule has 0 atom stereocenters. The van der Waals surface area contributed by atoms with Crippen LogP contribution in [0.4, 0.5) is 23.4 Å². The first-order chi connectivity index (χ1) is 17.5. The van der Waals surface area contributed by atoms with E-state index in [2.05, 4.69) is 31.1 Å². The van der Waals surface area contributed by atoms with Crippen molar-refractivity contribution in [3.05, 3.63) is 91.8 Å². The minimum atomic E-state index is -4.88. The van der Waals surface area contributed by atoms with Gasteiger partial charge in [0.05, 0.1) is 21.9 Å². The van der Waals surface area contributed by atoms with E-state index >= 15 is 0 Å². The highest BCUT2D eigenvalue weighted by Gasteiger charge is 2.36. The zero-order chi connectivity index (χ0) is 26.9. The van der Waals surface area contributed by atoms with E-state index < -0.39 is 46.5 Å². The first-order valence-electron chi connectivity index (χ1n) is 10.4. The van der Waals surface area contributed by atoms with Gasteiger partial charge in [0.2, 0.25) is 11.5 Å². The summed E-state index contributed by atoms with van der Waals surface area (Å²) in [4.78, 5) is 27.3. The molecule has 0 saturated heterocycles. The Kier molecular flexibility index (Phi) is 7.07. The molecule has 0 aliphatic rings. The third-order valence-electron chi connectivity index (χ3n) is 5.08. The van der Waals surface area contributed by atoms with E-state index in [0.717, 1.165) is 22.9 Å². The van der Waals surface area contributed by atoms with Crippen molar-refractivity contribution >= 4 is 27.5 Å². The predicted octanol–water partition coefficient (Wildman–Crippen LogP) is 5.12. The van der Waals surface area contributed by atoms with Crippen molar-refractivity contribution in [3.8, 4) is 11.4 Å². The van der Waals surface area contributed by atoms with E-state index in [1.54, 1.807) is 6.92 Å². The Morgan fingerprint density at radius 2 is 1.97 bits per heavy atom. The summed E-state index contributed by atoms with van der Waals surface area (Å²) in [5.74, 6) is -2.45. The summed E-state index contributed by atoms with van der Waals surface area (Å²) in [7, 11) is 0. The number of ether oxygens (including phenoxy) is 1. The number of ketones is 1. The number of halogens is 5. The van der Waals surface area contributed by atoms with Crippen LogP contribution in [0.15, 0.2) is 53.4 Å². The lowest BCUT2D eigenvalue weighted by Gasteiger charge is -2.13. The van der Waals surface area contributed by atoms with Gasteiger partial charge in [-0.15, -0.1) is 0 Å². The van der Waals surface area contributed by atoms with Gasteiger partial charge in [-0.2, -0.15) is 23.4 Å². The lowest BCUT2D eigenvalue weighted by Crippen LogP contribution is -2.13. The molecule has 3 heterocycles.